The molecule has 1 saturated heterocycles. The number of rotatable bonds is 5. The van der Waals surface area contributed by atoms with Crippen molar-refractivity contribution in [3.05, 3.63) is 59.4 Å². The molecule has 8 heteroatoms. The Morgan fingerprint density at radius 3 is 2.67 bits per heavy atom. The number of aromatic nitrogens is 3. The minimum atomic E-state index is -0.274. The van der Waals surface area contributed by atoms with Crippen molar-refractivity contribution in [3.8, 4) is 0 Å². The quantitative estimate of drug-likeness (QED) is 0.718. The van der Waals surface area contributed by atoms with Crippen LogP contribution in [0.1, 0.15) is 22.0 Å². The fraction of sp³-hybridized carbons (Fsp3) is 0.316. The van der Waals surface area contributed by atoms with Crippen molar-refractivity contribution in [2.24, 2.45) is 0 Å². The third kappa shape index (κ3) is 3.96. The molecule has 140 valence electrons. The summed E-state index contributed by atoms with van der Waals surface area (Å²) in [6.45, 7) is 3.25. The highest BCUT2D eigenvalue weighted by Crippen LogP contribution is 2.22. The smallest absolute Gasteiger partial charge is 0.251 e. The van der Waals surface area contributed by atoms with Gasteiger partial charge in [-0.3, -0.25) is 9.69 Å². The lowest BCUT2D eigenvalue weighted by molar-refractivity contribution is 0.0162. The van der Waals surface area contributed by atoms with E-state index in [9.17, 15) is 9.18 Å². The van der Waals surface area contributed by atoms with Crippen molar-refractivity contribution in [3.63, 3.8) is 0 Å². The average Bonchev–Trinajstić information content (AvgIpc) is 3.18. The van der Waals surface area contributed by atoms with Gasteiger partial charge in [-0.15, -0.1) is 0 Å². The van der Waals surface area contributed by atoms with Crippen LogP contribution in [0, 0.1) is 5.82 Å². The van der Waals surface area contributed by atoms with Gasteiger partial charge in [0, 0.05) is 25.2 Å². The predicted octanol–water partition coefficient (Wildman–Crippen LogP) is 1.90. The van der Waals surface area contributed by atoms with Crippen molar-refractivity contribution in [2.75, 3.05) is 32.8 Å². The molecular weight excluding hydrogens is 349 g/mol. The van der Waals surface area contributed by atoms with Gasteiger partial charge in [0.05, 0.1) is 19.3 Å². The lowest BCUT2D eigenvalue weighted by atomic mass is 10.0. The summed E-state index contributed by atoms with van der Waals surface area (Å²) >= 11 is 0. The third-order valence-electron chi connectivity index (χ3n) is 4.78. The zero-order valence-corrected chi connectivity index (χ0v) is 14.7. The number of ether oxygens (including phenoxy) is 1. The molecule has 2 N–H and O–H groups in total. The summed E-state index contributed by atoms with van der Waals surface area (Å²) in [5.41, 5.74) is 2.84. The summed E-state index contributed by atoms with van der Waals surface area (Å²) in [7, 11) is 0. The molecule has 1 aromatic heterocycles. The van der Waals surface area contributed by atoms with Gasteiger partial charge in [-0.2, -0.15) is 15.4 Å². The molecule has 3 aromatic rings. The Labute approximate surface area is 155 Å². The van der Waals surface area contributed by atoms with Crippen LogP contribution in [0.5, 0.6) is 0 Å². The molecule has 1 aliphatic heterocycles. The number of hydrogen-bond acceptors (Lipinski definition) is 5. The van der Waals surface area contributed by atoms with Gasteiger partial charge in [0.25, 0.3) is 5.91 Å². The molecule has 0 aliphatic carbocycles. The second-order valence-electron chi connectivity index (χ2n) is 6.45. The minimum absolute atomic E-state index is 0.0470. The summed E-state index contributed by atoms with van der Waals surface area (Å²) < 4.78 is 18.7. The standard InChI is InChI=1S/C19H20FN5O2/c20-15-4-1-13(2-5-15)18(25-7-9-27-10-8-25)12-21-19(26)14-3-6-16-17(11-14)23-24-22-16/h1-6,11,18H,7-10,12H2,(H,21,26)(H,22,23,24)/t18-/m1/s1. The molecule has 2 heterocycles. The second kappa shape index (κ2) is 7.81. The maximum Gasteiger partial charge on any atom is 0.251 e. The molecule has 1 aliphatic rings. The number of fused-ring (bicyclic) bond motifs is 1. The number of benzene rings is 2. The minimum Gasteiger partial charge on any atom is -0.379 e. The third-order valence-corrected chi connectivity index (χ3v) is 4.78. The molecule has 0 saturated carbocycles. The molecule has 27 heavy (non-hydrogen) atoms. The lowest BCUT2D eigenvalue weighted by Gasteiger charge is -2.35. The van der Waals surface area contributed by atoms with Crippen molar-refractivity contribution in [1.82, 2.24) is 25.6 Å². The Bertz CT molecular complexity index is 921. The monoisotopic (exact) mass is 369 g/mol. The summed E-state index contributed by atoms with van der Waals surface area (Å²) in [5, 5.41) is 13.5. The van der Waals surface area contributed by atoms with E-state index in [-0.39, 0.29) is 17.8 Å². The zero-order chi connectivity index (χ0) is 18.6. The van der Waals surface area contributed by atoms with E-state index in [0.29, 0.717) is 36.4 Å². The molecule has 1 amide bonds. The summed E-state index contributed by atoms with van der Waals surface area (Å²) in [4.78, 5) is 14.9. The Morgan fingerprint density at radius 1 is 1.15 bits per heavy atom. The highest BCUT2D eigenvalue weighted by molar-refractivity contribution is 5.97. The highest BCUT2D eigenvalue weighted by atomic mass is 19.1. The number of hydrogen-bond donors (Lipinski definition) is 2. The first kappa shape index (κ1) is 17.6. The fourth-order valence-electron chi connectivity index (χ4n) is 3.30. The molecule has 2 aromatic carbocycles. The van der Waals surface area contributed by atoms with E-state index in [1.54, 1.807) is 30.3 Å². The van der Waals surface area contributed by atoms with E-state index in [1.807, 2.05) is 0 Å². The van der Waals surface area contributed by atoms with Crippen molar-refractivity contribution in [2.45, 2.75) is 6.04 Å². The second-order valence-corrected chi connectivity index (χ2v) is 6.45. The molecule has 0 bridgehead atoms. The van der Waals surface area contributed by atoms with Crippen LogP contribution in [-0.4, -0.2) is 59.1 Å². The molecule has 1 fully saturated rings. The van der Waals surface area contributed by atoms with Gasteiger partial charge in [0.2, 0.25) is 0 Å². The summed E-state index contributed by atoms with van der Waals surface area (Å²) in [6.07, 6.45) is 0. The maximum absolute atomic E-state index is 13.3. The van der Waals surface area contributed by atoms with E-state index in [0.717, 1.165) is 18.7 Å². The van der Waals surface area contributed by atoms with Crippen LogP contribution in [0.25, 0.3) is 11.0 Å². The van der Waals surface area contributed by atoms with Crippen LogP contribution >= 0.6 is 0 Å². The van der Waals surface area contributed by atoms with Gasteiger partial charge < -0.3 is 10.1 Å². The van der Waals surface area contributed by atoms with E-state index in [2.05, 4.69) is 25.6 Å². The molecule has 1 atom stereocenters. The van der Waals surface area contributed by atoms with Crippen LogP contribution in [0.15, 0.2) is 42.5 Å². The van der Waals surface area contributed by atoms with Crippen molar-refractivity contribution < 1.29 is 13.9 Å². The van der Waals surface area contributed by atoms with Gasteiger partial charge in [0.1, 0.15) is 16.9 Å². The molecule has 0 radical (unpaired) electrons. The molecular formula is C19H20FN5O2. The largest absolute Gasteiger partial charge is 0.379 e. The number of amides is 1. The SMILES string of the molecule is O=C(NC[C@H](c1ccc(F)cc1)N1CCOCC1)c1ccc2n[nH]nc2c1. The van der Waals surface area contributed by atoms with Gasteiger partial charge in [-0.05, 0) is 35.9 Å². The first-order chi connectivity index (χ1) is 13.2. The van der Waals surface area contributed by atoms with E-state index in [1.165, 1.54) is 12.1 Å². The van der Waals surface area contributed by atoms with Crippen molar-refractivity contribution >= 4 is 16.9 Å². The Kier molecular flexibility index (Phi) is 5.08. The Morgan fingerprint density at radius 2 is 1.89 bits per heavy atom. The first-order valence-electron chi connectivity index (χ1n) is 8.87. The number of morpholine rings is 1. The van der Waals surface area contributed by atoms with E-state index >= 15 is 0 Å². The summed E-state index contributed by atoms with van der Waals surface area (Å²) in [5.74, 6) is -0.454. The zero-order valence-electron chi connectivity index (χ0n) is 14.7. The van der Waals surface area contributed by atoms with E-state index < -0.39 is 0 Å². The van der Waals surface area contributed by atoms with Crippen LogP contribution in [0.4, 0.5) is 4.39 Å². The van der Waals surface area contributed by atoms with Crippen LogP contribution < -0.4 is 5.32 Å². The Hall–Kier alpha value is -2.84. The topological polar surface area (TPSA) is 83.1 Å². The number of nitrogens with zero attached hydrogens (tertiary/aromatic N) is 3. The molecule has 0 unspecified atom stereocenters. The highest BCUT2D eigenvalue weighted by Gasteiger charge is 2.23. The Balaban J connectivity index is 1.50. The number of halogens is 1. The van der Waals surface area contributed by atoms with Crippen molar-refractivity contribution in [1.29, 1.82) is 0 Å². The lowest BCUT2D eigenvalue weighted by Crippen LogP contribution is -2.43. The van der Waals surface area contributed by atoms with Gasteiger partial charge >= 0.3 is 0 Å². The number of carbonyl (C=O) groups excluding carboxylic acids is 1. The van der Waals surface area contributed by atoms with Gasteiger partial charge in [-0.25, -0.2) is 4.39 Å². The predicted molar refractivity (Wildman–Crippen MR) is 97.8 cm³/mol. The van der Waals surface area contributed by atoms with Crippen LogP contribution in [0.3, 0.4) is 0 Å². The number of aromatic amines is 1. The molecule has 7 nitrogen and oxygen atoms in total. The maximum atomic E-state index is 13.3. The van der Waals surface area contributed by atoms with Gasteiger partial charge in [-0.1, -0.05) is 12.1 Å². The fourth-order valence-corrected chi connectivity index (χ4v) is 3.30. The molecule has 0 spiro atoms. The number of nitrogens with one attached hydrogen (secondary N) is 2. The van der Waals surface area contributed by atoms with Gasteiger partial charge in [0.15, 0.2) is 0 Å². The molecule has 4 rings (SSSR count). The first-order valence-corrected chi connectivity index (χ1v) is 8.87. The average molecular weight is 369 g/mol. The normalized spacial score (nSPS) is 16.3. The van der Waals surface area contributed by atoms with Crippen LogP contribution in [0.2, 0.25) is 0 Å². The number of carbonyl (C=O) groups is 1. The number of H-pyrrole nitrogens is 1. The van der Waals surface area contributed by atoms with E-state index in [4.69, 9.17) is 4.74 Å². The summed E-state index contributed by atoms with van der Waals surface area (Å²) in [6, 6.07) is 11.6. The van der Waals surface area contributed by atoms with Crippen LogP contribution in [-0.2, 0) is 4.74 Å².